The molecule has 4 aromatic rings. The minimum Gasteiger partial charge on any atom is -0.327 e. The van der Waals surface area contributed by atoms with E-state index in [1.54, 1.807) is 12.4 Å². The largest absolute Gasteiger partial charge is 0.327 e. The highest BCUT2D eigenvalue weighted by molar-refractivity contribution is 5.85. The van der Waals surface area contributed by atoms with E-state index < -0.39 is 0 Å². The van der Waals surface area contributed by atoms with E-state index in [0.717, 1.165) is 58.9 Å². The average Bonchev–Trinajstić information content (AvgIpc) is 3.23. The summed E-state index contributed by atoms with van der Waals surface area (Å²) in [6.07, 6.45) is 7.43. The second-order valence-electron chi connectivity index (χ2n) is 5.96. The molecule has 1 aliphatic heterocycles. The number of hydrogen-bond acceptors (Lipinski definition) is 4. The van der Waals surface area contributed by atoms with Crippen molar-refractivity contribution in [3.05, 3.63) is 60.8 Å². The number of aromatic nitrogens is 5. The monoisotopic (exact) mass is 313 g/mol. The van der Waals surface area contributed by atoms with Crippen LogP contribution in [-0.4, -0.2) is 24.5 Å². The number of aryl methyl sites for hydroxylation is 1. The summed E-state index contributed by atoms with van der Waals surface area (Å²) in [6.45, 7) is 1.00. The van der Waals surface area contributed by atoms with Gasteiger partial charge in [-0.15, -0.1) is 0 Å². The van der Waals surface area contributed by atoms with Gasteiger partial charge in [-0.2, -0.15) is 0 Å². The van der Waals surface area contributed by atoms with Crippen LogP contribution >= 0.6 is 0 Å². The minimum absolute atomic E-state index is 0.899. The Bertz CT molecular complexity index is 1040. The maximum atomic E-state index is 4.88. The fourth-order valence-corrected chi connectivity index (χ4v) is 3.41. The highest BCUT2D eigenvalue weighted by Gasteiger charge is 2.23. The SMILES string of the molecule is c1ccc(-c2nc3n(c2-c2ccc4nccnc4c2)CCC3)nc1. The van der Waals surface area contributed by atoms with Gasteiger partial charge >= 0.3 is 0 Å². The zero-order chi connectivity index (χ0) is 15.9. The lowest BCUT2D eigenvalue weighted by Crippen LogP contribution is -1.97. The lowest BCUT2D eigenvalue weighted by atomic mass is 10.1. The van der Waals surface area contributed by atoms with Gasteiger partial charge in [-0.05, 0) is 30.7 Å². The minimum atomic E-state index is 0.899. The molecule has 5 heteroatoms. The van der Waals surface area contributed by atoms with Gasteiger partial charge in [0.2, 0.25) is 0 Å². The summed E-state index contributed by atoms with van der Waals surface area (Å²) in [7, 11) is 0. The standard InChI is InChI=1S/C19H15N5/c1-2-8-20-15(4-1)18-19(24-11-3-5-17(24)23-18)13-6-7-14-16(12-13)22-10-9-21-14/h1-2,4,6-10,12H,3,5,11H2. The molecule has 5 rings (SSSR count). The summed E-state index contributed by atoms with van der Waals surface area (Å²) in [5, 5.41) is 0. The average molecular weight is 313 g/mol. The highest BCUT2D eigenvalue weighted by atomic mass is 15.1. The summed E-state index contributed by atoms with van der Waals surface area (Å²) < 4.78 is 2.32. The van der Waals surface area contributed by atoms with Crippen LogP contribution in [0.4, 0.5) is 0 Å². The molecule has 116 valence electrons. The third-order valence-electron chi connectivity index (χ3n) is 4.48. The highest BCUT2D eigenvalue weighted by Crippen LogP contribution is 2.35. The lowest BCUT2D eigenvalue weighted by molar-refractivity contribution is 0.756. The van der Waals surface area contributed by atoms with Crippen LogP contribution in [0.3, 0.4) is 0 Å². The van der Waals surface area contributed by atoms with Crippen molar-refractivity contribution in [2.75, 3.05) is 0 Å². The van der Waals surface area contributed by atoms with E-state index in [1.165, 1.54) is 0 Å². The third-order valence-corrected chi connectivity index (χ3v) is 4.48. The van der Waals surface area contributed by atoms with Gasteiger partial charge in [-0.25, -0.2) is 4.98 Å². The van der Waals surface area contributed by atoms with E-state index in [0.29, 0.717) is 0 Å². The second kappa shape index (κ2) is 5.23. The van der Waals surface area contributed by atoms with Crippen molar-refractivity contribution in [1.29, 1.82) is 0 Å². The van der Waals surface area contributed by atoms with Gasteiger partial charge in [-0.3, -0.25) is 15.0 Å². The molecule has 0 saturated heterocycles. The van der Waals surface area contributed by atoms with Crippen molar-refractivity contribution < 1.29 is 0 Å². The quantitative estimate of drug-likeness (QED) is 0.568. The summed E-state index contributed by atoms with van der Waals surface area (Å²) >= 11 is 0. The zero-order valence-corrected chi connectivity index (χ0v) is 13.1. The molecule has 0 spiro atoms. The summed E-state index contributed by atoms with van der Waals surface area (Å²) in [4.78, 5) is 18.2. The number of pyridine rings is 1. The van der Waals surface area contributed by atoms with E-state index in [-0.39, 0.29) is 0 Å². The second-order valence-corrected chi connectivity index (χ2v) is 5.96. The van der Waals surface area contributed by atoms with E-state index in [1.807, 2.05) is 30.5 Å². The van der Waals surface area contributed by atoms with Crippen molar-refractivity contribution in [1.82, 2.24) is 24.5 Å². The Morgan fingerprint density at radius 3 is 2.67 bits per heavy atom. The summed E-state index contributed by atoms with van der Waals surface area (Å²) in [5.41, 5.74) is 5.91. The van der Waals surface area contributed by atoms with E-state index in [9.17, 15) is 0 Å². The molecule has 0 amide bonds. The predicted octanol–water partition coefficient (Wildman–Crippen LogP) is 3.50. The van der Waals surface area contributed by atoms with E-state index in [2.05, 4.69) is 31.7 Å². The van der Waals surface area contributed by atoms with E-state index in [4.69, 9.17) is 4.98 Å². The molecule has 1 aromatic carbocycles. The van der Waals surface area contributed by atoms with Gasteiger partial charge in [0, 0.05) is 37.1 Å². The Labute approximate surface area is 139 Å². The molecule has 5 nitrogen and oxygen atoms in total. The van der Waals surface area contributed by atoms with Crippen molar-refractivity contribution in [2.45, 2.75) is 19.4 Å². The molecule has 0 bridgehead atoms. The Morgan fingerprint density at radius 1 is 0.875 bits per heavy atom. The molecular formula is C19H15N5. The summed E-state index contributed by atoms with van der Waals surface area (Å²) in [5.74, 6) is 1.14. The van der Waals surface area contributed by atoms with Crippen LogP contribution in [0.15, 0.2) is 55.0 Å². The number of benzene rings is 1. The topological polar surface area (TPSA) is 56.5 Å². The number of fused-ring (bicyclic) bond motifs is 2. The van der Waals surface area contributed by atoms with Crippen molar-refractivity contribution in [3.63, 3.8) is 0 Å². The molecule has 0 aliphatic carbocycles. The molecule has 0 radical (unpaired) electrons. The van der Waals surface area contributed by atoms with Gasteiger partial charge in [0.25, 0.3) is 0 Å². The van der Waals surface area contributed by atoms with Crippen LogP contribution in [0.2, 0.25) is 0 Å². The normalized spacial score (nSPS) is 13.3. The molecule has 0 fully saturated rings. The Hall–Kier alpha value is -3.08. The molecule has 4 heterocycles. The zero-order valence-electron chi connectivity index (χ0n) is 13.1. The van der Waals surface area contributed by atoms with Gasteiger partial charge in [0.05, 0.1) is 22.4 Å². The first-order chi connectivity index (χ1) is 11.9. The van der Waals surface area contributed by atoms with Crippen molar-refractivity contribution in [3.8, 4) is 22.6 Å². The summed E-state index contributed by atoms with van der Waals surface area (Å²) in [6, 6.07) is 12.2. The van der Waals surface area contributed by atoms with Gasteiger partial charge in [0.1, 0.15) is 11.5 Å². The molecule has 0 unspecified atom stereocenters. The number of imidazole rings is 1. The Balaban J connectivity index is 1.77. The van der Waals surface area contributed by atoms with Crippen molar-refractivity contribution in [2.24, 2.45) is 0 Å². The van der Waals surface area contributed by atoms with E-state index >= 15 is 0 Å². The fourth-order valence-electron chi connectivity index (χ4n) is 3.41. The molecular weight excluding hydrogens is 298 g/mol. The van der Waals surface area contributed by atoms with Gasteiger partial charge in [-0.1, -0.05) is 12.1 Å². The number of nitrogens with zero attached hydrogens (tertiary/aromatic N) is 5. The molecule has 1 aliphatic rings. The smallest absolute Gasteiger partial charge is 0.115 e. The molecule has 24 heavy (non-hydrogen) atoms. The maximum Gasteiger partial charge on any atom is 0.115 e. The van der Waals surface area contributed by atoms with Crippen LogP contribution in [0, 0.1) is 0 Å². The van der Waals surface area contributed by atoms with Gasteiger partial charge < -0.3 is 4.57 Å². The van der Waals surface area contributed by atoms with Crippen LogP contribution in [0.25, 0.3) is 33.7 Å². The maximum absolute atomic E-state index is 4.88. The molecule has 3 aromatic heterocycles. The Kier molecular flexibility index (Phi) is 2.91. The first kappa shape index (κ1) is 13.4. The molecule has 0 N–H and O–H groups in total. The third kappa shape index (κ3) is 2.01. The van der Waals surface area contributed by atoms with Crippen LogP contribution in [-0.2, 0) is 13.0 Å². The molecule has 0 saturated carbocycles. The number of hydrogen-bond donors (Lipinski definition) is 0. The first-order valence-corrected chi connectivity index (χ1v) is 8.12. The predicted molar refractivity (Wildman–Crippen MR) is 92.3 cm³/mol. The Morgan fingerprint density at radius 2 is 1.79 bits per heavy atom. The van der Waals surface area contributed by atoms with Gasteiger partial charge in [0.15, 0.2) is 0 Å². The molecule has 0 atom stereocenters. The van der Waals surface area contributed by atoms with Crippen LogP contribution in [0.5, 0.6) is 0 Å². The van der Waals surface area contributed by atoms with Crippen LogP contribution in [0.1, 0.15) is 12.2 Å². The lowest BCUT2D eigenvalue weighted by Gasteiger charge is -2.09. The number of rotatable bonds is 2. The van der Waals surface area contributed by atoms with Crippen molar-refractivity contribution >= 4 is 11.0 Å². The first-order valence-electron chi connectivity index (χ1n) is 8.12. The fraction of sp³-hybridized carbons (Fsp3) is 0.158. The van der Waals surface area contributed by atoms with Crippen LogP contribution < -0.4 is 0 Å².